The number of rotatable bonds is 4. The molecule has 0 spiro atoms. The number of benzene rings is 2. The molecule has 0 unspecified atom stereocenters. The molecule has 124 valence electrons. The zero-order chi connectivity index (χ0) is 18.0. The summed E-state index contributed by atoms with van der Waals surface area (Å²) >= 11 is 1.23. The number of aromatic nitrogens is 1. The zero-order valence-electron chi connectivity index (χ0n) is 13.8. The molecule has 0 N–H and O–H groups in total. The fraction of sp³-hybridized carbons (Fsp3) is 0.150. The number of aliphatic carboxylic acids is 1. The molecule has 0 fully saturated rings. The molecule has 0 saturated carbocycles. The maximum absolute atomic E-state index is 11.4. The standard InChI is InChI=1S/C20H16N2O2S/c1-20(2,19(23)24)25-18-9-10-22-12-17(18)16-8-7-13(11-21)14-5-3-4-6-15(14)16/h3-10,12H,1-2H3,(H,23,24)/p-1. The molecule has 0 bridgehead atoms. The monoisotopic (exact) mass is 347 g/mol. The SMILES string of the molecule is CC(C)(Sc1ccncc1-c1ccc(C#N)c2ccccc12)C(=O)[O-]. The molecule has 0 amide bonds. The molecule has 3 aromatic rings. The molecule has 0 radical (unpaired) electrons. The van der Waals surface area contributed by atoms with Crippen LogP contribution in [0.4, 0.5) is 0 Å². The maximum Gasteiger partial charge on any atom is 0.0998 e. The summed E-state index contributed by atoms with van der Waals surface area (Å²) in [7, 11) is 0. The number of carboxylic acids is 1. The first-order valence-electron chi connectivity index (χ1n) is 7.71. The molecule has 0 aliphatic rings. The van der Waals surface area contributed by atoms with Crippen LogP contribution in [0.3, 0.4) is 0 Å². The predicted octanol–water partition coefficient (Wildman–Crippen LogP) is 3.39. The van der Waals surface area contributed by atoms with Crippen LogP contribution in [-0.4, -0.2) is 15.7 Å². The lowest BCUT2D eigenvalue weighted by atomic mass is 9.96. The summed E-state index contributed by atoms with van der Waals surface area (Å²) in [5, 5.41) is 22.5. The minimum atomic E-state index is -1.12. The average Bonchev–Trinajstić information content (AvgIpc) is 2.61. The number of carbonyl (C=O) groups is 1. The molecular formula is C20H15N2O2S-. The fourth-order valence-corrected chi connectivity index (χ4v) is 3.66. The highest BCUT2D eigenvalue weighted by Crippen LogP contribution is 2.40. The van der Waals surface area contributed by atoms with Crippen LogP contribution in [-0.2, 0) is 4.79 Å². The number of hydrogen-bond acceptors (Lipinski definition) is 5. The van der Waals surface area contributed by atoms with Crippen molar-refractivity contribution < 1.29 is 9.90 Å². The van der Waals surface area contributed by atoms with Gasteiger partial charge < -0.3 is 9.90 Å². The Morgan fingerprint density at radius 1 is 1.12 bits per heavy atom. The van der Waals surface area contributed by atoms with Crippen LogP contribution in [0.2, 0.25) is 0 Å². The van der Waals surface area contributed by atoms with E-state index in [1.54, 1.807) is 38.4 Å². The van der Waals surface area contributed by atoms with Gasteiger partial charge in [-0.05, 0) is 36.9 Å². The lowest BCUT2D eigenvalue weighted by Gasteiger charge is -2.26. The number of fused-ring (bicyclic) bond motifs is 1. The van der Waals surface area contributed by atoms with Crippen molar-refractivity contribution >= 4 is 28.5 Å². The third-order valence-electron chi connectivity index (χ3n) is 3.97. The predicted molar refractivity (Wildman–Crippen MR) is 96.8 cm³/mol. The number of carbonyl (C=O) groups excluding carboxylic acids is 1. The van der Waals surface area contributed by atoms with Gasteiger partial charge >= 0.3 is 0 Å². The second kappa shape index (κ2) is 6.58. The molecule has 0 aliphatic heterocycles. The molecule has 0 atom stereocenters. The third-order valence-corrected chi connectivity index (χ3v) is 5.23. The van der Waals surface area contributed by atoms with Crippen molar-refractivity contribution in [3.8, 4) is 17.2 Å². The van der Waals surface area contributed by atoms with Gasteiger partial charge in [0.05, 0.1) is 22.3 Å². The Labute approximate surface area is 150 Å². The number of pyridine rings is 1. The van der Waals surface area contributed by atoms with Crippen molar-refractivity contribution in [3.63, 3.8) is 0 Å². The molecule has 3 rings (SSSR count). The van der Waals surface area contributed by atoms with Gasteiger partial charge in [-0.3, -0.25) is 4.98 Å². The van der Waals surface area contributed by atoms with Gasteiger partial charge in [0, 0.05) is 28.2 Å². The molecule has 4 nitrogen and oxygen atoms in total. The Hall–Kier alpha value is -2.84. The Kier molecular flexibility index (Phi) is 4.47. The second-order valence-electron chi connectivity index (χ2n) is 6.09. The third kappa shape index (κ3) is 3.21. The van der Waals surface area contributed by atoms with Crippen LogP contribution >= 0.6 is 11.8 Å². The highest BCUT2D eigenvalue weighted by molar-refractivity contribution is 8.01. The topological polar surface area (TPSA) is 76.8 Å². The normalized spacial score (nSPS) is 11.2. The molecule has 5 heteroatoms. The van der Waals surface area contributed by atoms with Crippen molar-refractivity contribution in [2.45, 2.75) is 23.5 Å². The minimum absolute atomic E-state index is 0.604. The summed E-state index contributed by atoms with van der Waals surface area (Å²) in [4.78, 5) is 16.4. The molecule has 0 saturated heterocycles. The molecule has 1 heterocycles. The van der Waals surface area contributed by atoms with Crippen LogP contribution in [0.5, 0.6) is 0 Å². The first-order chi connectivity index (χ1) is 11.9. The molecule has 25 heavy (non-hydrogen) atoms. The van der Waals surface area contributed by atoms with E-state index >= 15 is 0 Å². The Morgan fingerprint density at radius 2 is 1.84 bits per heavy atom. The van der Waals surface area contributed by atoms with Gasteiger partial charge in [0.2, 0.25) is 0 Å². The fourth-order valence-electron chi connectivity index (χ4n) is 2.62. The van der Waals surface area contributed by atoms with E-state index < -0.39 is 10.7 Å². The van der Waals surface area contributed by atoms with Crippen LogP contribution in [0, 0.1) is 11.3 Å². The Morgan fingerprint density at radius 3 is 2.52 bits per heavy atom. The maximum atomic E-state index is 11.4. The molecule has 0 aliphatic carbocycles. The van der Waals surface area contributed by atoms with E-state index in [2.05, 4.69) is 11.1 Å². The van der Waals surface area contributed by atoms with Crippen molar-refractivity contribution in [3.05, 3.63) is 60.4 Å². The van der Waals surface area contributed by atoms with Crippen molar-refractivity contribution in [2.75, 3.05) is 0 Å². The van der Waals surface area contributed by atoms with Crippen molar-refractivity contribution in [2.24, 2.45) is 0 Å². The minimum Gasteiger partial charge on any atom is -0.549 e. The van der Waals surface area contributed by atoms with Crippen LogP contribution in [0.1, 0.15) is 19.4 Å². The molecular weight excluding hydrogens is 332 g/mol. The summed E-state index contributed by atoms with van der Waals surface area (Å²) in [6.45, 7) is 3.24. The highest BCUT2D eigenvalue weighted by Gasteiger charge is 2.23. The number of carboxylic acid groups (broad SMARTS) is 1. The summed E-state index contributed by atoms with van der Waals surface area (Å²) in [6.07, 6.45) is 3.37. The summed E-state index contributed by atoms with van der Waals surface area (Å²) in [5.41, 5.74) is 2.36. The summed E-state index contributed by atoms with van der Waals surface area (Å²) in [6, 6.07) is 15.4. The van der Waals surface area contributed by atoms with E-state index in [0.717, 1.165) is 26.8 Å². The number of thioether (sulfide) groups is 1. The van der Waals surface area contributed by atoms with Crippen molar-refractivity contribution in [1.82, 2.24) is 4.98 Å². The first kappa shape index (κ1) is 17.0. The van der Waals surface area contributed by atoms with Crippen LogP contribution in [0.15, 0.2) is 59.8 Å². The molecule has 2 aromatic carbocycles. The van der Waals surface area contributed by atoms with Gasteiger partial charge in [0.1, 0.15) is 0 Å². The van der Waals surface area contributed by atoms with E-state index in [-0.39, 0.29) is 0 Å². The molecule has 1 aromatic heterocycles. The van der Waals surface area contributed by atoms with Crippen molar-refractivity contribution in [1.29, 1.82) is 5.26 Å². The Bertz CT molecular complexity index is 1010. The smallest absolute Gasteiger partial charge is 0.0998 e. The van der Waals surface area contributed by atoms with Gasteiger partial charge in [-0.25, -0.2) is 0 Å². The van der Waals surface area contributed by atoms with E-state index in [4.69, 9.17) is 0 Å². The Balaban J connectivity index is 2.21. The van der Waals surface area contributed by atoms with Gasteiger partial charge in [0.25, 0.3) is 0 Å². The lowest BCUT2D eigenvalue weighted by molar-refractivity contribution is -0.308. The average molecular weight is 347 g/mol. The summed E-state index contributed by atoms with van der Waals surface area (Å²) in [5.74, 6) is -1.12. The van der Waals surface area contributed by atoms with Gasteiger partial charge in [0.15, 0.2) is 0 Å². The van der Waals surface area contributed by atoms with Gasteiger partial charge in [-0.1, -0.05) is 30.3 Å². The second-order valence-corrected chi connectivity index (χ2v) is 7.75. The van der Waals surface area contributed by atoms with Gasteiger partial charge in [-0.2, -0.15) is 5.26 Å². The van der Waals surface area contributed by atoms with E-state index in [1.165, 1.54) is 11.8 Å². The van der Waals surface area contributed by atoms with Crippen LogP contribution < -0.4 is 5.11 Å². The number of hydrogen-bond donors (Lipinski definition) is 0. The number of nitriles is 1. The quantitative estimate of drug-likeness (QED) is 0.676. The van der Waals surface area contributed by atoms with E-state index in [1.807, 2.05) is 30.3 Å². The lowest BCUT2D eigenvalue weighted by Crippen LogP contribution is -2.40. The van der Waals surface area contributed by atoms with E-state index in [0.29, 0.717) is 5.56 Å². The largest absolute Gasteiger partial charge is 0.549 e. The number of nitrogens with zero attached hydrogens (tertiary/aromatic N) is 2. The van der Waals surface area contributed by atoms with E-state index in [9.17, 15) is 15.2 Å². The summed E-state index contributed by atoms with van der Waals surface area (Å²) < 4.78 is -1.07. The van der Waals surface area contributed by atoms with Gasteiger partial charge in [-0.15, -0.1) is 11.8 Å². The zero-order valence-corrected chi connectivity index (χ0v) is 14.6. The van der Waals surface area contributed by atoms with Crippen LogP contribution in [0.25, 0.3) is 21.9 Å². The first-order valence-corrected chi connectivity index (χ1v) is 8.52. The highest BCUT2D eigenvalue weighted by atomic mass is 32.2.